The van der Waals surface area contributed by atoms with E-state index in [9.17, 15) is 14.4 Å². The maximum absolute atomic E-state index is 12.5. The molecule has 0 aliphatic heterocycles. The van der Waals surface area contributed by atoms with Crippen molar-refractivity contribution in [3.8, 4) is 11.1 Å². The average Bonchev–Trinajstić information content (AvgIpc) is 3.15. The number of carboxylic acid groups (broad SMARTS) is 1. The highest BCUT2D eigenvalue weighted by Gasteiger charge is 2.30. The summed E-state index contributed by atoms with van der Waals surface area (Å²) >= 11 is 0. The van der Waals surface area contributed by atoms with E-state index in [2.05, 4.69) is 15.6 Å². The zero-order chi connectivity index (χ0) is 23.2. The third-order valence-corrected chi connectivity index (χ3v) is 5.52. The van der Waals surface area contributed by atoms with E-state index in [1.807, 2.05) is 48.5 Å². The van der Waals surface area contributed by atoms with Gasteiger partial charge in [-0.1, -0.05) is 54.6 Å². The molecule has 8 heteroatoms. The maximum Gasteiger partial charge on any atom is 0.407 e. The highest BCUT2D eigenvalue weighted by molar-refractivity contribution is 5.89. The smallest absolute Gasteiger partial charge is 0.407 e. The number of ether oxygens (including phenoxy) is 1. The van der Waals surface area contributed by atoms with E-state index in [4.69, 9.17) is 9.84 Å². The normalized spacial score (nSPS) is 12.8. The van der Waals surface area contributed by atoms with Crippen LogP contribution in [0.3, 0.4) is 0 Å². The Morgan fingerprint density at radius 1 is 0.970 bits per heavy atom. The highest BCUT2D eigenvalue weighted by Crippen LogP contribution is 2.44. The molecule has 0 radical (unpaired) electrons. The lowest BCUT2D eigenvalue weighted by molar-refractivity contribution is -0.139. The number of aromatic nitrogens is 1. The first-order valence-corrected chi connectivity index (χ1v) is 10.5. The van der Waals surface area contributed by atoms with Crippen molar-refractivity contribution >= 4 is 18.0 Å². The Labute approximate surface area is 190 Å². The summed E-state index contributed by atoms with van der Waals surface area (Å²) in [6.07, 6.45) is 1.78. The number of hydrogen-bond donors (Lipinski definition) is 3. The molecule has 4 rings (SSSR count). The number of pyridine rings is 1. The standard InChI is InChI=1S/C25H23N3O5/c29-23(30)12-22(24(31)27-14-16-6-5-11-26-13-16)28-25(32)33-15-21-19-9-3-1-7-17(19)18-8-2-4-10-20(18)21/h1-11,13,21-22H,12,14-15H2,(H,27,31)(H,28,32)(H,29,30). The van der Waals surface area contributed by atoms with Gasteiger partial charge in [0.1, 0.15) is 12.6 Å². The third kappa shape index (κ3) is 5.17. The van der Waals surface area contributed by atoms with Crippen LogP contribution in [-0.4, -0.2) is 40.7 Å². The largest absolute Gasteiger partial charge is 0.481 e. The van der Waals surface area contributed by atoms with Crippen LogP contribution in [0.5, 0.6) is 0 Å². The van der Waals surface area contributed by atoms with Crippen LogP contribution in [0.1, 0.15) is 29.0 Å². The van der Waals surface area contributed by atoms with E-state index >= 15 is 0 Å². The van der Waals surface area contributed by atoms with E-state index < -0.39 is 30.4 Å². The molecule has 2 amide bonds. The van der Waals surface area contributed by atoms with Gasteiger partial charge < -0.3 is 20.5 Å². The summed E-state index contributed by atoms with van der Waals surface area (Å²) in [5.41, 5.74) is 5.06. The summed E-state index contributed by atoms with van der Waals surface area (Å²) in [6, 6.07) is 18.1. The number of rotatable bonds is 8. The molecule has 1 atom stereocenters. The number of amides is 2. The molecule has 1 heterocycles. The van der Waals surface area contributed by atoms with Gasteiger partial charge in [0.15, 0.2) is 0 Å². The molecule has 2 aromatic carbocycles. The predicted molar refractivity (Wildman–Crippen MR) is 120 cm³/mol. The number of carboxylic acids is 1. The molecule has 33 heavy (non-hydrogen) atoms. The van der Waals surface area contributed by atoms with Crippen molar-refractivity contribution in [3.63, 3.8) is 0 Å². The SMILES string of the molecule is O=C(O)CC(NC(=O)OCC1c2ccccc2-c2ccccc21)C(=O)NCc1cccnc1. The van der Waals surface area contributed by atoms with Gasteiger partial charge in [-0.25, -0.2) is 4.79 Å². The molecule has 0 saturated carbocycles. The fourth-order valence-electron chi connectivity index (χ4n) is 3.98. The van der Waals surface area contributed by atoms with Crippen molar-refractivity contribution in [3.05, 3.63) is 89.7 Å². The van der Waals surface area contributed by atoms with E-state index in [0.717, 1.165) is 27.8 Å². The van der Waals surface area contributed by atoms with Crippen molar-refractivity contribution in [2.45, 2.75) is 24.9 Å². The van der Waals surface area contributed by atoms with Gasteiger partial charge in [0.2, 0.25) is 5.91 Å². The molecule has 1 aromatic heterocycles. The van der Waals surface area contributed by atoms with E-state index in [-0.39, 0.29) is 19.1 Å². The number of alkyl carbamates (subject to hydrolysis) is 1. The molecule has 8 nitrogen and oxygen atoms in total. The lowest BCUT2D eigenvalue weighted by Gasteiger charge is -2.18. The van der Waals surface area contributed by atoms with E-state index in [1.165, 1.54) is 0 Å². The quantitative estimate of drug-likeness (QED) is 0.491. The summed E-state index contributed by atoms with van der Waals surface area (Å²) < 4.78 is 5.43. The summed E-state index contributed by atoms with van der Waals surface area (Å²) in [5.74, 6) is -1.97. The molecule has 0 saturated heterocycles. The fourth-order valence-corrected chi connectivity index (χ4v) is 3.98. The van der Waals surface area contributed by atoms with Gasteiger partial charge >= 0.3 is 12.1 Å². The molecule has 0 bridgehead atoms. The number of carbonyl (C=O) groups is 3. The van der Waals surface area contributed by atoms with Crippen LogP contribution in [0.4, 0.5) is 4.79 Å². The molecule has 1 unspecified atom stereocenters. The minimum Gasteiger partial charge on any atom is -0.481 e. The van der Waals surface area contributed by atoms with Crippen molar-refractivity contribution in [2.24, 2.45) is 0 Å². The average molecular weight is 445 g/mol. The topological polar surface area (TPSA) is 118 Å². The van der Waals surface area contributed by atoms with Gasteiger partial charge in [0, 0.05) is 24.9 Å². The zero-order valence-corrected chi connectivity index (χ0v) is 17.7. The van der Waals surface area contributed by atoms with Crippen LogP contribution in [0.25, 0.3) is 11.1 Å². The second-order valence-electron chi connectivity index (χ2n) is 7.70. The summed E-state index contributed by atoms with van der Waals surface area (Å²) in [4.78, 5) is 40.2. The third-order valence-electron chi connectivity index (χ3n) is 5.52. The number of carbonyl (C=O) groups excluding carboxylic acids is 2. The van der Waals surface area contributed by atoms with Gasteiger partial charge in [0.25, 0.3) is 0 Å². The fraction of sp³-hybridized carbons (Fsp3) is 0.200. The molecule has 1 aliphatic carbocycles. The van der Waals surface area contributed by atoms with Crippen LogP contribution < -0.4 is 10.6 Å². The molecule has 3 aromatic rings. The van der Waals surface area contributed by atoms with Crippen LogP contribution in [0.15, 0.2) is 73.1 Å². The van der Waals surface area contributed by atoms with Gasteiger partial charge in [-0.2, -0.15) is 0 Å². The second kappa shape index (κ2) is 9.95. The lowest BCUT2D eigenvalue weighted by atomic mass is 9.98. The second-order valence-corrected chi connectivity index (χ2v) is 7.70. The van der Waals surface area contributed by atoms with Crippen LogP contribution >= 0.6 is 0 Å². The number of hydrogen-bond acceptors (Lipinski definition) is 5. The Bertz CT molecular complexity index is 1120. The molecule has 1 aliphatic rings. The first kappa shape index (κ1) is 22.0. The van der Waals surface area contributed by atoms with Crippen molar-refractivity contribution in [2.75, 3.05) is 6.61 Å². The monoisotopic (exact) mass is 445 g/mol. The molecule has 0 fully saturated rings. The van der Waals surface area contributed by atoms with Crippen molar-refractivity contribution in [1.82, 2.24) is 15.6 Å². The number of benzene rings is 2. The Hall–Kier alpha value is -4.20. The number of aliphatic carboxylic acids is 1. The van der Waals surface area contributed by atoms with Gasteiger partial charge in [-0.15, -0.1) is 0 Å². The Balaban J connectivity index is 1.39. The number of nitrogens with zero attached hydrogens (tertiary/aromatic N) is 1. The van der Waals surface area contributed by atoms with E-state index in [0.29, 0.717) is 0 Å². The number of nitrogens with one attached hydrogen (secondary N) is 2. The Morgan fingerprint density at radius 3 is 2.24 bits per heavy atom. The predicted octanol–water partition coefficient (Wildman–Crippen LogP) is 3.08. The molecule has 3 N–H and O–H groups in total. The maximum atomic E-state index is 12.5. The summed E-state index contributed by atoms with van der Waals surface area (Å²) in [7, 11) is 0. The Morgan fingerprint density at radius 2 is 1.64 bits per heavy atom. The number of fused-ring (bicyclic) bond motifs is 3. The molecule has 0 spiro atoms. The van der Waals surface area contributed by atoms with Gasteiger partial charge in [-0.3, -0.25) is 14.6 Å². The van der Waals surface area contributed by atoms with Gasteiger partial charge in [-0.05, 0) is 33.9 Å². The molecule has 168 valence electrons. The zero-order valence-electron chi connectivity index (χ0n) is 17.7. The molecular weight excluding hydrogens is 422 g/mol. The lowest BCUT2D eigenvalue weighted by Crippen LogP contribution is -2.48. The minimum atomic E-state index is -1.27. The van der Waals surface area contributed by atoms with E-state index in [1.54, 1.807) is 24.5 Å². The van der Waals surface area contributed by atoms with Crippen LogP contribution in [0.2, 0.25) is 0 Å². The minimum absolute atomic E-state index is 0.0664. The van der Waals surface area contributed by atoms with Crippen LogP contribution in [-0.2, 0) is 20.9 Å². The summed E-state index contributed by atoms with van der Waals surface area (Å²) in [5, 5.41) is 14.2. The highest BCUT2D eigenvalue weighted by atomic mass is 16.5. The van der Waals surface area contributed by atoms with Crippen molar-refractivity contribution in [1.29, 1.82) is 0 Å². The first-order chi connectivity index (χ1) is 16.0. The Kier molecular flexibility index (Phi) is 6.64. The first-order valence-electron chi connectivity index (χ1n) is 10.5. The van der Waals surface area contributed by atoms with Crippen LogP contribution in [0, 0.1) is 0 Å². The van der Waals surface area contributed by atoms with Gasteiger partial charge in [0.05, 0.1) is 6.42 Å². The molecular formula is C25H23N3O5. The van der Waals surface area contributed by atoms with Crippen molar-refractivity contribution < 1.29 is 24.2 Å². The summed E-state index contributed by atoms with van der Waals surface area (Å²) in [6.45, 7) is 0.228.